The molecule has 84 valence electrons. The molecule has 1 saturated carbocycles. The van der Waals surface area contributed by atoms with E-state index in [-0.39, 0.29) is 18.7 Å². The molecule has 1 aromatic rings. The Kier molecular flexibility index (Phi) is 1.80. The predicted molar refractivity (Wildman–Crippen MR) is 58.6 cm³/mol. The predicted octanol–water partition coefficient (Wildman–Crippen LogP) is 3.07. The fraction of sp³-hybridized carbons (Fsp3) is 0.364. The van der Waals surface area contributed by atoms with Crippen molar-refractivity contribution in [3.05, 3.63) is 28.2 Å². The van der Waals surface area contributed by atoms with Gasteiger partial charge in [-0.2, -0.15) is 0 Å². The number of carbonyl (C=O) groups excluding carboxylic acids is 1. The molecule has 5 heteroatoms. The first-order chi connectivity index (χ1) is 7.43. The Morgan fingerprint density at radius 1 is 1.31 bits per heavy atom. The van der Waals surface area contributed by atoms with Crippen molar-refractivity contribution in [2.75, 3.05) is 5.32 Å². The molecular formula is C11H8BrF2NO. The molecule has 1 amide bonds. The van der Waals surface area contributed by atoms with Gasteiger partial charge in [-0.3, -0.25) is 4.79 Å². The van der Waals surface area contributed by atoms with Gasteiger partial charge in [0, 0.05) is 23.0 Å². The average Bonchev–Trinajstić information content (AvgIpc) is 2.40. The Hall–Kier alpha value is -0.970. The molecule has 0 saturated heterocycles. The van der Waals surface area contributed by atoms with Crippen molar-refractivity contribution < 1.29 is 13.6 Å². The molecule has 1 aromatic carbocycles. The van der Waals surface area contributed by atoms with Crippen molar-refractivity contribution in [3.8, 4) is 0 Å². The third-order valence-corrected chi connectivity index (χ3v) is 3.79. The maximum atomic E-state index is 13.0. The van der Waals surface area contributed by atoms with Crippen LogP contribution in [0.25, 0.3) is 0 Å². The monoisotopic (exact) mass is 287 g/mol. The van der Waals surface area contributed by atoms with Crippen molar-refractivity contribution in [3.63, 3.8) is 0 Å². The normalized spacial score (nSPS) is 23.8. The lowest BCUT2D eigenvalue weighted by Gasteiger charge is -2.43. The lowest BCUT2D eigenvalue weighted by atomic mass is 9.63. The molecule has 1 fully saturated rings. The van der Waals surface area contributed by atoms with Crippen molar-refractivity contribution >= 4 is 27.5 Å². The minimum absolute atomic E-state index is 0.300. The van der Waals surface area contributed by atoms with Crippen LogP contribution in [-0.4, -0.2) is 11.8 Å². The van der Waals surface area contributed by atoms with Crippen LogP contribution >= 0.6 is 15.9 Å². The summed E-state index contributed by atoms with van der Waals surface area (Å²) in [5.41, 5.74) is 0.351. The second-order valence-corrected chi connectivity index (χ2v) is 5.35. The molecule has 0 radical (unpaired) electrons. The first kappa shape index (κ1) is 10.2. The fourth-order valence-electron chi connectivity index (χ4n) is 2.57. The second kappa shape index (κ2) is 2.83. The molecule has 16 heavy (non-hydrogen) atoms. The third kappa shape index (κ3) is 1.18. The van der Waals surface area contributed by atoms with Crippen molar-refractivity contribution in [2.24, 2.45) is 0 Å². The Bertz CT molecular complexity index is 493. The number of fused-ring (bicyclic) bond motifs is 2. The van der Waals surface area contributed by atoms with E-state index in [1.165, 1.54) is 0 Å². The number of halogens is 3. The topological polar surface area (TPSA) is 29.1 Å². The molecule has 1 aliphatic carbocycles. The number of carbonyl (C=O) groups is 1. The van der Waals surface area contributed by atoms with E-state index in [1.54, 1.807) is 18.2 Å². The van der Waals surface area contributed by atoms with Crippen molar-refractivity contribution in [1.82, 2.24) is 0 Å². The van der Waals surface area contributed by atoms with E-state index < -0.39 is 11.3 Å². The summed E-state index contributed by atoms with van der Waals surface area (Å²) in [4.78, 5) is 11.8. The molecule has 0 unspecified atom stereocenters. The first-order valence-electron chi connectivity index (χ1n) is 4.92. The van der Waals surface area contributed by atoms with Crippen LogP contribution < -0.4 is 5.32 Å². The van der Waals surface area contributed by atoms with Crippen LogP contribution in [0, 0.1) is 0 Å². The zero-order chi connectivity index (χ0) is 11.6. The highest BCUT2D eigenvalue weighted by molar-refractivity contribution is 9.10. The number of rotatable bonds is 0. The van der Waals surface area contributed by atoms with Gasteiger partial charge in [-0.15, -0.1) is 0 Å². The van der Waals surface area contributed by atoms with Gasteiger partial charge in [0.15, 0.2) is 0 Å². The lowest BCUT2D eigenvalue weighted by Crippen LogP contribution is -2.53. The van der Waals surface area contributed by atoms with Gasteiger partial charge in [0.2, 0.25) is 5.91 Å². The summed E-state index contributed by atoms with van der Waals surface area (Å²) < 4.78 is 26.8. The Labute approximate surface area is 99.2 Å². The minimum atomic E-state index is -2.71. The van der Waals surface area contributed by atoms with E-state index in [0.29, 0.717) is 11.3 Å². The summed E-state index contributed by atoms with van der Waals surface area (Å²) in [6.07, 6.45) is -0.759. The van der Waals surface area contributed by atoms with Gasteiger partial charge < -0.3 is 5.32 Å². The number of benzene rings is 1. The van der Waals surface area contributed by atoms with E-state index >= 15 is 0 Å². The van der Waals surface area contributed by atoms with E-state index in [2.05, 4.69) is 21.2 Å². The zero-order valence-electron chi connectivity index (χ0n) is 8.19. The number of anilines is 1. The van der Waals surface area contributed by atoms with Crippen LogP contribution in [0.3, 0.4) is 0 Å². The highest BCUT2D eigenvalue weighted by Gasteiger charge is 2.64. The Morgan fingerprint density at radius 3 is 2.62 bits per heavy atom. The number of hydrogen-bond acceptors (Lipinski definition) is 1. The molecule has 1 heterocycles. The summed E-state index contributed by atoms with van der Waals surface area (Å²) in [7, 11) is 0. The largest absolute Gasteiger partial charge is 0.325 e. The van der Waals surface area contributed by atoms with Crippen LogP contribution in [0.1, 0.15) is 18.4 Å². The molecule has 1 N–H and O–H groups in total. The minimum Gasteiger partial charge on any atom is -0.325 e. The number of amides is 1. The molecule has 0 aromatic heterocycles. The number of alkyl halides is 2. The van der Waals surface area contributed by atoms with Gasteiger partial charge in [0.05, 0.1) is 5.41 Å². The second-order valence-electron chi connectivity index (χ2n) is 4.44. The van der Waals surface area contributed by atoms with Crippen LogP contribution in [0.5, 0.6) is 0 Å². The standard InChI is InChI=1S/C11H8BrF2NO/c12-6-1-2-8-7(3-6)10(9(16)15-8)4-11(13,14)5-10/h1-3H,4-5H2,(H,15,16). The SMILES string of the molecule is O=C1Nc2ccc(Br)cc2C12CC(F)(F)C2. The maximum Gasteiger partial charge on any atom is 0.250 e. The van der Waals surface area contributed by atoms with Gasteiger partial charge in [-0.25, -0.2) is 8.78 Å². The molecular weight excluding hydrogens is 280 g/mol. The Morgan fingerprint density at radius 2 is 2.00 bits per heavy atom. The Balaban J connectivity index is 2.10. The van der Waals surface area contributed by atoms with E-state index in [9.17, 15) is 13.6 Å². The highest BCUT2D eigenvalue weighted by Crippen LogP contribution is 2.58. The molecule has 2 aliphatic rings. The molecule has 1 aliphatic heterocycles. The number of hydrogen-bond donors (Lipinski definition) is 1. The van der Waals surface area contributed by atoms with Crippen molar-refractivity contribution in [1.29, 1.82) is 0 Å². The zero-order valence-corrected chi connectivity index (χ0v) is 9.77. The van der Waals surface area contributed by atoms with Crippen LogP contribution in [-0.2, 0) is 10.2 Å². The number of nitrogens with one attached hydrogen (secondary N) is 1. The summed E-state index contributed by atoms with van der Waals surface area (Å²) >= 11 is 3.29. The summed E-state index contributed by atoms with van der Waals surface area (Å²) in [6, 6.07) is 5.28. The summed E-state index contributed by atoms with van der Waals surface area (Å²) in [6.45, 7) is 0. The van der Waals surface area contributed by atoms with Crippen molar-refractivity contribution in [2.45, 2.75) is 24.2 Å². The van der Waals surface area contributed by atoms with E-state index in [4.69, 9.17) is 0 Å². The summed E-state index contributed by atoms with van der Waals surface area (Å²) in [5.74, 6) is -3.01. The van der Waals surface area contributed by atoms with E-state index in [0.717, 1.165) is 4.47 Å². The molecule has 0 bridgehead atoms. The quantitative estimate of drug-likeness (QED) is 0.781. The molecule has 1 spiro atoms. The molecule has 2 nitrogen and oxygen atoms in total. The van der Waals surface area contributed by atoms with Crippen LogP contribution in [0.4, 0.5) is 14.5 Å². The summed E-state index contributed by atoms with van der Waals surface area (Å²) in [5, 5.41) is 2.66. The first-order valence-corrected chi connectivity index (χ1v) is 5.72. The van der Waals surface area contributed by atoms with Gasteiger partial charge in [0.25, 0.3) is 5.92 Å². The highest BCUT2D eigenvalue weighted by atomic mass is 79.9. The lowest BCUT2D eigenvalue weighted by molar-refractivity contribution is -0.152. The van der Waals surface area contributed by atoms with E-state index in [1.807, 2.05) is 0 Å². The molecule has 0 atom stereocenters. The smallest absolute Gasteiger partial charge is 0.250 e. The average molecular weight is 288 g/mol. The van der Waals surface area contributed by atoms with Gasteiger partial charge in [0.1, 0.15) is 0 Å². The van der Waals surface area contributed by atoms with Gasteiger partial charge in [-0.05, 0) is 23.8 Å². The fourth-order valence-corrected chi connectivity index (χ4v) is 2.93. The van der Waals surface area contributed by atoms with Crippen LogP contribution in [0.15, 0.2) is 22.7 Å². The van der Waals surface area contributed by atoms with Gasteiger partial charge in [-0.1, -0.05) is 15.9 Å². The van der Waals surface area contributed by atoms with Gasteiger partial charge >= 0.3 is 0 Å². The third-order valence-electron chi connectivity index (χ3n) is 3.30. The maximum absolute atomic E-state index is 13.0. The van der Waals surface area contributed by atoms with Crippen LogP contribution in [0.2, 0.25) is 0 Å². The molecule has 3 rings (SSSR count).